The monoisotopic (exact) mass is 158 g/mol. The molecule has 2 fully saturated rings. The number of ether oxygens (including phenoxy) is 3. The molecular formula is C8H14O3. The van der Waals surface area contributed by atoms with Crippen LogP contribution in [0.4, 0.5) is 0 Å². The van der Waals surface area contributed by atoms with E-state index in [9.17, 15) is 0 Å². The highest BCUT2D eigenvalue weighted by molar-refractivity contribution is 4.80. The van der Waals surface area contributed by atoms with Gasteiger partial charge in [-0.1, -0.05) is 0 Å². The molecule has 11 heavy (non-hydrogen) atoms. The smallest absolute Gasteiger partial charge is 0.171 e. The average Bonchev–Trinajstić information content (AvgIpc) is 1.81. The Labute approximate surface area is 66.6 Å². The molecule has 0 aromatic rings. The van der Waals surface area contributed by atoms with Crippen LogP contribution in [-0.4, -0.2) is 24.8 Å². The zero-order chi connectivity index (χ0) is 7.95. The molecule has 0 aliphatic carbocycles. The normalized spacial score (nSPS) is 49.6. The Morgan fingerprint density at radius 3 is 1.55 bits per heavy atom. The van der Waals surface area contributed by atoms with E-state index in [4.69, 9.17) is 14.2 Å². The molecule has 2 unspecified atom stereocenters. The van der Waals surface area contributed by atoms with Gasteiger partial charge >= 0.3 is 0 Å². The standard InChI is InChI=1S/C8H14O3/c1-7(3-5-9-7)11-8(2)4-6-10-8/h3-6H2,1-2H3. The Morgan fingerprint density at radius 1 is 1.00 bits per heavy atom. The van der Waals surface area contributed by atoms with Crippen LogP contribution in [0.15, 0.2) is 0 Å². The van der Waals surface area contributed by atoms with Crippen molar-refractivity contribution in [2.24, 2.45) is 0 Å². The highest BCUT2D eigenvalue weighted by Crippen LogP contribution is 2.37. The summed E-state index contributed by atoms with van der Waals surface area (Å²) in [5.41, 5.74) is 0. The molecule has 3 nitrogen and oxygen atoms in total. The van der Waals surface area contributed by atoms with Gasteiger partial charge < -0.3 is 14.2 Å². The maximum absolute atomic E-state index is 5.65. The van der Waals surface area contributed by atoms with Crippen molar-refractivity contribution in [2.45, 2.75) is 38.3 Å². The largest absolute Gasteiger partial charge is 0.350 e. The molecule has 2 rings (SSSR count). The second kappa shape index (κ2) is 2.19. The molecule has 2 aliphatic rings. The number of rotatable bonds is 2. The zero-order valence-corrected chi connectivity index (χ0v) is 7.05. The Kier molecular flexibility index (Phi) is 1.50. The summed E-state index contributed by atoms with van der Waals surface area (Å²) in [6, 6.07) is 0. The van der Waals surface area contributed by atoms with Gasteiger partial charge in [0.25, 0.3) is 0 Å². The summed E-state index contributed by atoms with van der Waals surface area (Å²) in [5, 5.41) is 0. The van der Waals surface area contributed by atoms with Gasteiger partial charge in [-0.15, -0.1) is 0 Å². The SMILES string of the molecule is CC1(OC2(C)CCO2)CCO1. The minimum Gasteiger partial charge on any atom is -0.350 e. The van der Waals surface area contributed by atoms with E-state index >= 15 is 0 Å². The fraction of sp³-hybridized carbons (Fsp3) is 1.00. The minimum atomic E-state index is -0.366. The molecule has 0 saturated carbocycles. The summed E-state index contributed by atoms with van der Waals surface area (Å²) < 4.78 is 16.2. The van der Waals surface area contributed by atoms with Gasteiger partial charge in [-0.2, -0.15) is 0 Å². The molecule has 0 N–H and O–H groups in total. The molecule has 0 bridgehead atoms. The Morgan fingerprint density at radius 2 is 1.36 bits per heavy atom. The Balaban J connectivity index is 1.88. The maximum atomic E-state index is 5.65. The molecule has 0 spiro atoms. The van der Waals surface area contributed by atoms with Crippen LogP contribution < -0.4 is 0 Å². The van der Waals surface area contributed by atoms with Crippen molar-refractivity contribution in [1.82, 2.24) is 0 Å². The lowest BCUT2D eigenvalue weighted by Crippen LogP contribution is -2.54. The van der Waals surface area contributed by atoms with Gasteiger partial charge in [0.2, 0.25) is 0 Å². The van der Waals surface area contributed by atoms with Gasteiger partial charge in [0.1, 0.15) is 0 Å². The van der Waals surface area contributed by atoms with E-state index in [1.54, 1.807) is 0 Å². The van der Waals surface area contributed by atoms with Crippen molar-refractivity contribution in [1.29, 1.82) is 0 Å². The number of hydrogen-bond donors (Lipinski definition) is 0. The van der Waals surface area contributed by atoms with E-state index < -0.39 is 0 Å². The third-order valence-electron chi connectivity index (χ3n) is 2.36. The lowest BCUT2D eigenvalue weighted by Gasteiger charge is -2.48. The molecule has 0 amide bonds. The zero-order valence-electron chi connectivity index (χ0n) is 7.05. The van der Waals surface area contributed by atoms with E-state index in [1.165, 1.54) is 0 Å². The highest BCUT2D eigenvalue weighted by atomic mass is 16.8. The second-order valence-electron chi connectivity index (χ2n) is 3.57. The summed E-state index contributed by atoms with van der Waals surface area (Å²) >= 11 is 0. The predicted molar refractivity (Wildman–Crippen MR) is 39.0 cm³/mol. The van der Waals surface area contributed by atoms with Crippen molar-refractivity contribution >= 4 is 0 Å². The van der Waals surface area contributed by atoms with E-state index in [1.807, 2.05) is 13.8 Å². The van der Waals surface area contributed by atoms with E-state index in [2.05, 4.69) is 0 Å². The maximum Gasteiger partial charge on any atom is 0.171 e. The van der Waals surface area contributed by atoms with Gasteiger partial charge in [-0.25, -0.2) is 0 Å². The van der Waals surface area contributed by atoms with Crippen LogP contribution in [0.5, 0.6) is 0 Å². The molecule has 2 saturated heterocycles. The third kappa shape index (κ3) is 1.28. The molecule has 2 aliphatic heterocycles. The van der Waals surface area contributed by atoms with Crippen molar-refractivity contribution in [2.75, 3.05) is 13.2 Å². The van der Waals surface area contributed by atoms with Gasteiger partial charge in [0.15, 0.2) is 11.6 Å². The first kappa shape index (κ1) is 7.53. The fourth-order valence-corrected chi connectivity index (χ4v) is 1.40. The quantitative estimate of drug-likeness (QED) is 0.605. The van der Waals surface area contributed by atoms with Crippen LogP contribution in [0.1, 0.15) is 26.7 Å². The lowest BCUT2D eigenvalue weighted by atomic mass is 10.1. The number of hydrogen-bond acceptors (Lipinski definition) is 3. The van der Waals surface area contributed by atoms with Crippen LogP contribution in [-0.2, 0) is 14.2 Å². The van der Waals surface area contributed by atoms with Gasteiger partial charge in [0, 0.05) is 12.8 Å². The first-order valence-electron chi connectivity index (χ1n) is 4.10. The summed E-state index contributed by atoms with van der Waals surface area (Å²) in [5.74, 6) is -0.732. The second-order valence-corrected chi connectivity index (χ2v) is 3.57. The van der Waals surface area contributed by atoms with Gasteiger partial charge in [-0.3, -0.25) is 0 Å². The van der Waals surface area contributed by atoms with Crippen LogP contribution in [0.3, 0.4) is 0 Å². The predicted octanol–water partition coefficient (Wildman–Crippen LogP) is 1.28. The van der Waals surface area contributed by atoms with Gasteiger partial charge in [0.05, 0.1) is 13.2 Å². The lowest BCUT2D eigenvalue weighted by molar-refractivity contribution is -0.416. The topological polar surface area (TPSA) is 27.7 Å². The van der Waals surface area contributed by atoms with Crippen molar-refractivity contribution in [3.8, 4) is 0 Å². The Bertz CT molecular complexity index is 141. The molecule has 0 radical (unpaired) electrons. The molecule has 0 aromatic carbocycles. The fourth-order valence-electron chi connectivity index (χ4n) is 1.40. The first-order chi connectivity index (χ1) is 5.12. The van der Waals surface area contributed by atoms with Crippen molar-refractivity contribution in [3.63, 3.8) is 0 Å². The minimum absolute atomic E-state index is 0.366. The van der Waals surface area contributed by atoms with Gasteiger partial charge in [-0.05, 0) is 13.8 Å². The molecule has 2 atom stereocenters. The average molecular weight is 158 g/mol. The van der Waals surface area contributed by atoms with E-state index in [-0.39, 0.29) is 11.6 Å². The summed E-state index contributed by atoms with van der Waals surface area (Å²) in [6.45, 7) is 5.55. The van der Waals surface area contributed by atoms with Crippen LogP contribution in [0, 0.1) is 0 Å². The highest BCUT2D eigenvalue weighted by Gasteiger charge is 2.45. The summed E-state index contributed by atoms with van der Waals surface area (Å²) in [7, 11) is 0. The summed E-state index contributed by atoms with van der Waals surface area (Å²) in [6.07, 6.45) is 1.96. The van der Waals surface area contributed by atoms with E-state index in [0.29, 0.717) is 0 Å². The van der Waals surface area contributed by atoms with Crippen molar-refractivity contribution < 1.29 is 14.2 Å². The molecule has 0 aromatic heterocycles. The van der Waals surface area contributed by atoms with Crippen LogP contribution in [0.25, 0.3) is 0 Å². The van der Waals surface area contributed by atoms with Crippen molar-refractivity contribution in [3.05, 3.63) is 0 Å². The summed E-state index contributed by atoms with van der Waals surface area (Å²) in [4.78, 5) is 0. The van der Waals surface area contributed by atoms with Crippen LogP contribution in [0.2, 0.25) is 0 Å². The van der Waals surface area contributed by atoms with E-state index in [0.717, 1.165) is 26.1 Å². The Hall–Kier alpha value is -0.120. The molecule has 3 heteroatoms. The van der Waals surface area contributed by atoms with Crippen LogP contribution >= 0.6 is 0 Å². The first-order valence-corrected chi connectivity index (χ1v) is 4.10. The molecular weight excluding hydrogens is 144 g/mol. The molecule has 2 heterocycles. The molecule has 64 valence electrons. The third-order valence-corrected chi connectivity index (χ3v) is 2.36.